The first-order chi connectivity index (χ1) is 8.88. The summed E-state index contributed by atoms with van der Waals surface area (Å²) in [6.45, 7) is 7.21. The molecule has 19 heavy (non-hydrogen) atoms. The van der Waals surface area contributed by atoms with E-state index >= 15 is 0 Å². The van der Waals surface area contributed by atoms with Crippen LogP contribution in [0.1, 0.15) is 66.2 Å². The predicted molar refractivity (Wildman–Crippen MR) is 72.6 cm³/mol. The maximum absolute atomic E-state index is 12.4. The Kier molecular flexibility index (Phi) is 5.83. The minimum absolute atomic E-state index is 0.209. The molecule has 0 unspecified atom stereocenters. The molecule has 0 heterocycles. The van der Waals surface area contributed by atoms with Crippen LogP contribution in [0.25, 0.3) is 0 Å². The zero-order valence-corrected chi connectivity index (χ0v) is 12.5. The van der Waals surface area contributed by atoms with Gasteiger partial charge in [-0.3, -0.25) is 9.59 Å². The summed E-state index contributed by atoms with van der Waals surface area (Å²) in [5.74, 6) is -0.815. The number of hydrogen-bond acceptors (Lipinski definition) is 4. The van der Waals surface area contributed by atoms with Crippen molar-refractivity contribution in [1.29, 1.82) is 0 Å². The van der Waals surface area contributed by atoms with E-state index in [0.717, 1.165) is 25.7 Å². The van der Waals surface area contributed by atoms with Gasteiger partial charge in [-0.1, -0.05) is 25.7 Å². The lowest BCUT2D eigenvalue weighted by molar-refractivity contribution is -0.178. The molecule has 4 heteroatoms. The number of carbonyl (C=O) groups is 2. The van der Waals surface area contributed by atoms with Gasteiger partial charge in [-0.05, 0) is 40.5 Å². The van der Waals surface area contributed by atoms with Gasteiger partial charge in [-0.25, -0.2) is 0 Å². The lowest BCUT2D eigenvalue weighted by Crippen LogP contribution is -2.43. The Morgan fingerprint density at radius 2 is 1.16 bits per heavy atom. The fraction of sp³-hybridized carbons (Fsp3) is 0.867. The molecule has 0 bridgehead atoms. The SMILES string of the molecule is CC(C)OC(=O)C1(C(=O)OC(C)C)CCCCCC1. The topological polar surface area (TPSA) is 52.6 Å². The van der Waals surface area contributed by atoms with Gasteiger partial charge < -0.3 is 9.47 Å². The molecule has 0 aliphatic heterocycles. The number of rotatable bonds is 4. The Labute approximate surface area is 115 Å². The van der Waals surface area contributed by atoms with Gasteiger partial charge in [0.05, 0.1) is 12.2 Å². The molecule has 110 valence electrons. The minimum atomic E-state index is -1.08. The summed E-state index contributed by atoms with van der Waals surface area (Å²) in [5, 5.41) is 0. The Morgan fingerprint density at radius 3 is 1.47 bits per heavy atom. The molecule has 0 atom stereocenters. The molecule has 0 saturated heterocycles. The second-order valence-electron chi connectivity index (χ2n) is 5.90. The van der Waals surface area contributed by atoms with E-state index in [9.17, 15) is 9.59 Å². The van der Waals surface area contributed by atoms with Crippen molar-refractivity contribution >= 4 is 11.9 Å². The average Bonchev–Trinajstić information content (AvgIpc) is 2.53. The molecule has 1 aliphatic rings. The van der Waals surface area contributed by atoms with E-state index in [1.54, 1.807) is 27.7 Å². The van der Waals surface area contributed by atoms with Gasteiger partial charge in [0.15, 0.2) is 5.41 Å². The van der Waals surface area contributed by atoms with Gasteiger partial charge in [0.25, 0.3) is 0 Å². The van der Waals surface area contributed by atoms with Gasteiger partial charge in [-0.15, -0.1) is 0 Å². The highest BCUT2D eigenvalue weighted by Crippen LogP contribution is 2.38. The van der Waals surface area contributed by atoms with Crippen molar-refractivity contribution in [3.63, 3.8) is 0 Å². The number of carbonyl (C=O) groups excluding carboxylic acids is 2. The monoisotopic (exact) mass is 270 g/mol. The highest BCUT2D eigenvalue weighted by molar-refractivity contribution is 6.00. The van der Waals surface area contributed by atoms with Crippen molar-refractivity contribution in [3.05, 3.63) is 0 Å². The largest absolute Gasteiger partial charge is 0.462 e. The van der Waals surface area contributed by atoms with E-state index in [2.05, 4.69) is 0 Å². The summed E-state index contributed by atoms with van der Waals surface area (Å²) >= 11 is 0. The second-order valence-corrected chi connectivity index (χ2v) is 5.90. The minimum Gasteiger partial charge on any atom is -0.462 e. The van der Waals surface area contributed by atoms with E-state index in [1.165, 1.54) is 0 Å². The van der Waals surface area contributed by atoms with Crippen LogP contribution in [0, 0.1) is 5.41 Å². The van der Waals surface area contributed by atoms with Crippen LogP contribution in [0.5, 0.6) is 0 Å². The summed E-state index contributed by atoms with van der Waals surface area (Å²) in [4.78, 5) is 24.8. The number of hydrogen-bond donors (Lipinski definition) is 0. The van der Waals surface area contributed by atoms with Crippen LogP contribution in [-0.2, 0) is 19.1 Å². The van der Waals surface area contributed by atoms with Crippen LogP contribution in [-0.4, -0.2) is 24.1 Å². The third-order valence-corrected chi connectivity index (χ3v) is 3.42. The summed E-state index contributed by atoms with van der Waals surface area (Å²) in [6.07, 6.45) is 4.55. The van der Waals surface area contributed by atoms with Crippen LogP contribution < -0.4 is 0 Å². The molecule has 1 saturated carbocycles. The van der Waals surface area contributed by atoms with Gasteiger partial charge >= 0.3 is 11.9 Å². The van der Waals surface area contributed by atoms with Gasteiger partial charge in [-0.2, -0.15) is 0 Å². The second kappa shape index (κ2) is 6.92. The molecular formula is C15H26O4. The standard InChI is InChI=1S/C15H26O4/c1-11(2)18-13(16)15(14(17)19-12(3)4)9-7-5-6-8-10-15/h11-12H,5-10H2,1-4H3. The van der Waals surface area contributed by atoms with E-state index in [1.807, 2.05) is 0 Å². The predicted octanol–water partition coefficient (Wildman–Crippen LogP) is 3.23. The van der Waals surface area contributed by atoms with Crippen LogP contribution in [0.15, 0.2) is 0 Å². The normalized spacial score (nSPS) is 19.1. The molecule has 0 amide bonds. The lowest BCUT2D eigenvalue weighted by Gasteiger charge is -2.29. The molecule has 0 spiro atoms. The lowest BCUT2D eigenvalue weighted by atomic mass is 9.80. The van der Waals surface area contributed by atoms with Crippen LogP contribution >= 0.6 is 0 Å². The molecule has 0 radical (unpaired) electrons. The smallest absolute Gasteiger partial charge is 0.323 e. The van der Waals surface area contributed by atoms with E-state index < -0.39 is 17.4 Å². The van der Waals surface area contributed by atoms with E-state index in [0.29, 0.717) is 12.8 Å². The first kappa shape index (κ1) is 16.0. The third-order valence-electron chi connectivity index (χ3n) is 3.42. The molecule has 0 aromatic carbocycles. The summed E-state index contributed by atoms with van der Waals surface area (Å²) in [5.41, 5.74) is -1.08. The molecule has 1 fully saturated rings. The summed E-state index contributed by atoms with van der Waals surface area (Å²) in [7, 11) is 0. The van der Waals surface area contributed by atoms with Crippen molar-refractivity contribution in [2.75, 3.05) is 0 Å². The first-order valence-corrected chi connectivity index (χ1v) is 7.30. The Morgan fingerprint density at radius 1 is 0.789 bits per heavy atom. The van der Waals surface area contributed by atoms with Crippen molar-refractivity contribution < 1.29 is 19.1 Å². The zero-order chi connectivity index (χ0) is 14.5. The van der Waals surface area contributed by atoms with Crippen molar-refractivity contribution in [2.24, 2.45) is 5.41 Å². The van der Waals surface area contributed by atoms with Crippen molar-refractivity contribution in [2.45, 2.75) is 78.4 Å². The van der Waals surface area contributed by atoms with E-state index in [4.69, 9.17) is 9.47 Å². The quantitative estimate of drug-likeness (QED) is 0.447. The highest BCUT2D eigenvalue weighted by atomic mass is 16.6. The van der Waals surface area contributed by atoms with Gasteiger partial charge in [0.2, 0.25) is 0 Å². The van der Waals surface area contributed by atoms with Crippen LogP contribution in [0.3, 0.4) is 0 Å². The maximum Gasteiger partial charge on any atom is 0.323 e. The van der Waals surface area contributed by atoms with Crippen molar-refractivity contribution in [3.8, 4) is 0 Å². The summed E-state index contributed by atoms with van der Waals surface area (Å²) < 4.78 is 10.6. The van der Waals surface area contributed by atoms with Gasteiger partial charge in [0.1, 0.15) is 0 Å². The van der Waals surface area contributed by atoms with E-state index in [-0.39, 0.29) is 12.2 Å². The third kappa shape index (κ3) is 4.22. The van der Waals surface area contributed by atoms with Crippen LogP contribution in [0.4, 0.5) is 0 Å². The molecule has 4 nitrogen and oxygen atoms in total. The molecule has 0 aromatic rings. The van der Waals surface area contributed by atoms with Crippen molar-refractivity contribution in [1.82, 2.24) is 0 Å². The number of esters is 2. The average molecular weight is 270 g/mol. The molecular weight excluding hydrogens is 244 g/mol. The first-order valence-electron chi connectivity index (χ1n) is 7.30. The van der Waals surface area contributed by atoms with Gasteiger partial charge in [0, 0.05) is 0 Å². The Bertz CT molecular complexity index is 288. The van der Waals surface area contributed by atoms with Crippen LogP contribution in [0.2, 0.25) is 0 Å². The summed E-state index contributed by atoms with van der Waals surface area (Å²) in [6, 6.07) is 0. The Hall–Kier alpha value is -1.06. The highest BCUT2D eigenvalue weighted by Gasteiger charge is 2.49. The molecule has 1 rings (SSSR count). The molecule has 0 N–H and O–H groups in total. The fourth-order valence-electron chi connectivity index (χ4n) is 2.48. The zero-order valence-electron chi connectivity index (χ0n) is 12.5. The Balaban J connectivity index is 2.94. The molecule has 0 aromatic heterocycles. The molecule has 1 aliphatic carbocycles. The number of ether oxygens (including phenoxy) is 2. The fourth-order valence-corrected chi connectivity index (χ4v) is 2.48. The maximum atomic E-state index is 12.4.